The number of nitrogens with zero attached hydrogens (tertiary/aromatic N) is 1. The van der Waals surface area contributed by atoms with Crippen molar-refractivity contribution < 1.29 is 18.7 Å². The van der Waals surface area contributed by atoms with Gasteiger partial charge < -0.3 is 18.8 Å². The highest BCUT2D eigenvalue weighted by Crippen LogP contribution is 2.39. The van der Waals surface area contributed by atoms with Gasteiger partial charge >= 0.3 is 0 Å². The number of rotatable bonds is 6. The molecular weight excluding hydrogens is 418 g/mol. The quantitative estimate of drug-likeness (QED) is 0.417. The van der Waals surface area contributed by atoms with E-state index in [1.165, 1.54) is 0 Å². The van der Waals surface area contributed by atoms with Crippen LogP contribution in [0.1, 0.15) is 33.3 Å². The Balaban J connectivity index is 1.65. The van der Waals surface area contributed by atoms with Crippen LogP contribution < -0.4 is 10.2 Å². The zero-order valence-electron chi connectivity index (χ0n) is 18.4. The second-order valence-electron chi connectivity index (χ2n) is 8.06. The Kier molecular flexibility index (Phi) is 5.44. The number of hydrogen-bond donors (Lipinski definition) is 0. The third-order valence-electron chi connectivity index (χ3n) is 5.81. The molecule has 1 unspecified atom stereocenters. The van der Waals surface area contributed by atoms with Gasteiger partial charge in [-0.3, -0.25) is 9.59 Å². The summed E-state index contributed by atoms with van der Waals surface area (Å²) in [5, 5.41) is 0.469. The number of amides is 1. The summed E-state index contributed by atoms with van der Waals surface area (Å²) in [4.78, 5) is 28.6. The van der Waals surface area contributed by atoms with E-state index in [1.54, 1.807) is 24.1 Å². The lowest BCUT2D eigenvalue weighted by molar-refractivity contribution is 0.0663. The van der Waals surface area contributed by atoms with Crippen molar-refractivity contribution in [3.8, 4) is 11.5 Å². The van der Waals surface area contributed by atoms with Crippen LogP contribution in [0.4, 0.5) is 0 Å². The van der Waals surface area contributed by atoms with Gasteiger partial charge in [0.25, 0.3) is 5.91 Å². The van der Waals surface area contributed by atoms with Gasteiger partial charge in [0.2, 0.25) is 5.76 Å². The Morgan fingerprint density at radius 2 is 1.73 bits per heavy atom. The Labute approximate surface area is 191 Å². The van der Waals surface area contributed by atoms with E-state index >= 15 is 0 Å². The third kappa shape index (κ3) is 3.79. The van der Waals surface area contributed by atoms with Crippen molar-refractivity contribution in [1.29, 1.82) is 0 Å². The number of methoxy groups -OCH3 is 1. The predicted octanol–water partition coefficient (Wildman–Crippen LogP) is 5.09. The lowest BCUT2D eigenvalue weighted by Crippen LogP contribution is -2.32. The first kappa shape index (κ1) is 21.0. The molecule has 0 aliphatic carbocycles. The molecule has 2 heterocycles. The summed E-state index contributed by atoms with van der Waals surface area (Å²) < 4.78 is 17.2. The van der Waals surface area contributed by atoms with Crippen LogP contribution >= 0.6 is 0 Å². The average molecular weight is 441 g/mol. The standard InChI is InChI=1S/C27H23NO5/c1-17-11-12-22-21(15-17)25(29)23-24(28(13-14-31-2)27(30)26(23)33-22)18-7-6-10-20(16-18)32-19-8-4-3-5-9-19/h3-12,15-16,24H,13-14H2,1-2H3. The summed E-state index contributed by atoms with van der Waals surface area (Å²) in [6.07, 6.45) is 0. The molecule has 1 aliphatic heterocycles. The van der Waals surface area contributed by atoms with Gasteiger partial charge in [-0.25, -0.2) is 0 Å². The van der Waals surface area contributed by atoms with Crippen LogP contribution in [0.3, 0.4) is 0 Å². The molecular formula is C27H23NO5. The van der Waals surface area contributed by atoms with Crippen LogP contribution in [-0.2, 0) is 4.74 Å². The molecule has 1 atom stereocenters. The van der Waals surface area contributed by atoms with Gasteiger partial charge in [-0.05, 0) is 48.9 Å². The van der Waals surface area contributed by atoms with Crippen molar-refractivity contribution in [3.63, 3.8) is 0 Å². The zero-order valence-corrected chi connectivity index (χ0v) is 18.4. The molecule has 0 saturated heterocycles. The number of carbonyl (C=O) groups excluding carboxylic acids is 1. The van der Waals surface area contributed by atoms with E-state index in [-0.39, 0.29) is 17.1 Å². The second-order valence-corrected chi connectivity index (χ2v) is 8.06. The van der Waals surface area contributed by atoms with Crippen molar-refractivity contribution >= 4 is 16.9 Å². The van der Waals surface area contributed by atoms with Gasteiger partial charge in [0, 0.05) is 13.7 Å². The second kappa shape index (κ2) is 8.56. The van der Waals surface area contributed by atoms with Crippen LogP contribution in [0, 0.1) is 6.92 Å². The molecule has 0 N–H and O–H groups in total. The summed E-state index contributed by atoms with van der Waals surface area (Å²) in [7, 11) is 1.58. The predicted molar refractivity (Wildman–Crippen MR) is 125 cm³/mol. The maximum absolute atomic E-state index is 13.6. The minimum Gasteiger partial charge on any atom is -0.457 e. The van der Waals surface area contributed by atoms with Crippen molar-refractivity contribution in [2.75, 3.05) is 20.3 Å². The molecule has 33 heavy (non-hydrogen) atoms. The SMILES string of the molecule is COCCN1C(=O)c2oc3ccc(C)cc3c(=O)c2C1c1cccc(Oc2ccccc2)c1. The lowest BCUT2D eigenvalue weighted by Gasteiger charge is -2.25. The smallest absolute Gasteiger partial charge is 0.290 e. The highest BCUT2D eigenvalue weighted by molar-refractivity contribution is 5.99. The normalized spacial score (nSPS) is 15.2. The highest BCUT2D eigenvalue weighted by Gasteiger charge is 2.42. The van der Waals surface area contributed by atoms with E-state index in [0.29, 0.717) is 41.2 Å². The Morgan fingerprint density at radius 1 is 0.939 bits per heavy atom. The number of hydrogen-bond acceptors (Lipinski definition) is 5. The fourth-order valence-electron chi connectivity index (χ4n) is 4.27. The fraction of sp³-hybridized carbons (Fsp3) is 0.185. The van der Waals surface area contributed by atoms with Crippen molar-refractivity contribution in [2.45, 2.75) is 13.0 Å². The van der Waals surface area contributed by atoms with Crippen molar-refractivity contribution in [2.24, 2.45) is 0 Å². The summed E-state index contributed by atoms with van der Waals surface area (Å²) in [5.74, 6) is 1.09. The van der Waals surface area contributed by atoms with Crippen molar-refractivity contribution in [3.05, 3.63) is 105 Å². The average Bonchev–Trinajstić information content (AvgIpc) is 3.11. The molecule has 1 aromatic heterocycles. The van der Waals surface area contributed by atoms with Crippen LogP contribution in [-0.4, -0.2) is 31.1 Å². The summed E-state index contributed by atoms with van der Waals surface area (Å²) >= 11 is 0. The van der Waals surface area contributed by atoms with Crippen LogP contribution in [0.5, 0.6) is 11.5 Å². The van der Waals surface area contributed by atoms with Crippen LogP contribution in [0.25, 0.3) is 11.0 Å². The van der Waals surface area contributed by atoms with E-state index in [2.05, 4.69) is 0 Å². The molecule has 0 saturated carbocycles. The van der Waals surface area contributed by atoms with E-state index in [9.17, 15) is 9.59 Å². The zero-order chi connectivity index (χ0) is 22.9. The molecule has 6 heteroatoms. The first-order valence-electron chi connectivity index (χ1n) is 10.8. The Bertz CT molecular complexity index is 1390. The summed E-state index contributed by atoms with van der Waals surface area (Å²) in [6, 6.07) is 21.7. The Morgan fingerprint density at radius 3 is 2.52 bits per heavy atom. The van der Waals surface area contributed by atoms with Crippen molar-refractivity contribution in [1.82, 2.24) is 4.90 Å². The maximum atomic E-state index is 13.6. The molecule has 0 fully saturated rings. The molecule has 3 aromatic carbocycles. The van der Waals surface area contributed by atoms with Gasteiger partial charge in [-0.15, -0.1) is 0 Å². The molecule has 4 aromatic rings. The van der Waals surface area contributed by atoms with Gasteiger partial charge in [0.05, 0.1) is 23.6 Å². The monoisotopic (exact) mass is 441 g/mol. The van der Waals surface area contributed by atoms with E-state index in [4.69, 9.17) is 13.9 Å². The van der Waals surface area contributed by atoms with Gasteiger partial charge in [0.15, 0.2) is 5.43 Å². The van der Waals surface area contributed by atoms with E-state index in [0.717, 1.165) is 11.1 Å². The molecule has 166 valence electrons. The van der Waals surface area contributed by atoms with Gasteiger partial charge in [-0.1, -0.05) is 42.0 Å². The fourth-order valence-corrected chi connectivity index (χ4v) is 4.27. The molecule has 1 aliphatic rings. The van der Waals surface area contributed by atoms with Gasteiger partial charge in [-0.2, -0.15) is 0 Å². The number of carbonyl (C=O) groups is 1. The van der Waals surface area contributed by atoms with Crippen LogP contribution in [0.2, 0.25) is 0 Å². The number of ether oxygens (including phenoxy) is 2. The molecule has 0 radical (unpaired) electrons. The van der Waals surface area contributed by atoms with E-state index < -0.39 is 6.04 Å². The third-order valence-corrected chi connectivity index (χ3v) is 5.81. The first-order valence-corrected chi connectivity index (χ1v) is 10.8. The summed E-state index contributed by atoms with van der Waals surface area (Å²) in [6.45, 7) is 2.58. The number of benzene rings is 3. The minimum atomic E-state index is -0.594. The molecule has 0 bridgehead atoms. The number of fused-ring (bicyclic) bond motifs is 2. The molecule has 6 nitrogen and oxygen atoms in total. The van der Waals surface area contributed by atoms with Crippen LogP contribution in [0.15, 0.2) is 82.0 Å². The lowest BCUT2D eigenvalue weighted by atomic mass is 9.98. The minimum absolute atomic E-state index is 0.0897. The number of aryl methyl sites for hydroxylation is 1. The molecule has 0 spiro atoms. The van der Waals surface area contributed by atoms with E-state index in [1.807, 2.05) is 67.6 Å². The first-order chi connectivity index (χ1) is 16.1. The van der Waals surface area contributed by atoms with Gasteiger partial charge in [0.1, 0.15) is 17.1 Å². The maximum Gasteiger partial charge on any atom is 0.290 e. The summed E-state index contributed by atoms with van der Waals surface area (Å²) in [5.41, 5.74) is 2.29. The highest BCUT2D eigenvalue weighted by atomic mass is 16.5. The largest absolute Gasteiger partial charge is 0.457 e. The molecule has 5 rings (SSSR count). The molecule has 1 amide bonds. The topological polar surface area (TPSA) is 69.0 Å². The Hall–Kier alpha value is -3.90. The number of para-hydroxylation sites is 1.